The lowest BCUT2D eigenvalue weighted by molar-refractivity contribution is -0.152. The zero-order valence-electron chi connectivity index (χ0n) is 32.1. The van der Waals surface area contributed by atoms with E-state index in [0.717, 1.165) is 5.56 Å². The minimum atomic E-state index is -1.03. The van der Waals surface area contributed by atoms with Crippen LogP contribution in [0.5, 0.6) is 11.5 Å². The Bertz CT molecular complexity index is 1740. The first-order valence-electron chi connectivity index (χ1n) is 17.5. The molecule has 8 atom stereocenters. The molecule has 1 aliphatic heterocycles. The largest absolute Gasteiger partial charge is 0.493 e. The summed E-state index contributed by atoms with van der Waals surface area (Å²) in [6.45, 7) is 6.16. The van der Waals surface area contributed by atoms with Gasteiger partial charge in [0.05, 0.1) is 13.2 Å². The van der Waals surface area contributed by atoms with E-state index in [0.29, 0.717) is 22.5 Å². The summed E-state index contributed by atoms with van der Waals surface area (Å²) in [5.74, 6) is -2.54. The Balaban J connectivity index is 1.85. The molecule has 3 aliphatic rings. The molecule has 15 nitrogen and oxygen atoms in total. The van der Waals surface area contributed by atoms with Crippen molar-refractivity contribution in [2.45, 2.75) is 77.3 Å². The summed E-state index contributed by atoms with van der Waals surface area (Å²) < 4.78 is 57.9. The van der Waals surface area contributed by atoms with Crippen LogP contribution in [-0.2, 0) is 61.9 Å². The van der Waals surface area contributed by atoms with Crippen LogP contribution < -0.4 is 9.47 Å². The van der Waals surface area contributed by atoms with Gasteiger partial charge in [-0.3, -0.25) is 24.0 Å². The lowest BCUT2D eigenvalue weighted by Gasteiger charge is -2.46. The molecule has 1 aromatic rings. The first-order chi connectivity index (χ1) is 26.2. The quantitative estimate of drug-likeness (QED) is 0.175. The van der Waals surface area contributed by atoms with Gasteiger partial charge in [0.2, 0.25) is 0 Å². The van der Waals surface area contributed by atoms with Crippen molar-refractivity contribution in [3.8, 4) is 11.5 Å². The van der Waals surface area contributed by atoms with E-state index in [-0.39, 0.29) is 25.6 Å². The van der Waals surface area contributed by atoms with Crippen molar-refractivity contribution in [2.24, 2.45) is 5.92 Å². The van der Waals surface area contributed by atoms with Crippen molar-refractivity contribution in [1.82, 2.24) is 0 Å². The molecule has 0 radical (unpaired) electrons. The zero-order valence-corrected chi connectivity index (χ0v) is 32.1. The third-order valence-electron chi connectivity index (χ3n) is 8.76. The average Bonchev–Trinajstić information content (AvgIpc) is 3.13. The van der Waals surface area contributed by atoms with Crippen LogP contribution >= 0.6 is 0 Å². The molecule has 0 unspecified atom stereocenters. The van der Waals surface area contributed by atoms with Gasteiger partial charge < -0.3 is 47.4 Å². The number of ether oxygens (including phenoxy) is 10. The molecule has 55 heavy (non-hydrogen) atoms. The summed E-state index contributed by atoms with van der Waals surface area (Å²) in [5.41, 5.74) is 2.51. The zero-order chi connectivity index (χ0) is 40.2. The maximum Gasteiger partial charge on any atom is 0.303 e. The number of esters is 5. The lowest BCUT2D eigenvalue weighted by atomic mass is 9.75. The number of hydrogen-bond acceptors (Lipinski definition) is 15. The summed E-state index contributed by atoms with van der Waals surface area (Å²) in [6, 6.07) is 5.15. The van der Waals surface area contributed by atoms with Crippen molar-refractivity contribution < 1.29 is 71.3 Å². The molecule has 2 aliphatic carbocycles. The van der Waals surface area contributed by atoms with Crippen LogP contribution in [0.3, 0.4) is 0 Å². The molecular weight excluding hydrogens is 720 g/mol. The molecule has 0 amide bonds. The maximum absolute atomic E-state index is 12.2. The Labute approximate surface area is 319 Å². The van der Waals surface area contributed by atoms with Gasteiger partial charge in [0, 0.05) is 54.8 Å². The van der Waals surface area contributed by atoms with Crippen molar-refractivity contribution in [2.75, 3.05) is 41.2 Å². The molecule has 0 saturated carbocycles. The van der Waals surface area contributed by atoms with Crippen LogP contribution in [0.4, 0.5) is 0 Å². The minimum Gasteiger partial charge on any atom is -0.493 e. The molecule has 1 heterocycles. The minimum absolute atomic E-state index is 0.0867. The van der Waals surface area contributed by atoms with Crippen LogP contribution in [0.2, 0.25) is 0 Å². The molecule has 0 N–H and O–H groups in total. The van der Waals surface area contributed by atoms with E-state index in [2.05, 4.69) is 0 Å². The predicted molar refractivity (Wildman–Crippen MR) is 195 cm³/mol. The monoisotopic (exact) mass is 768 g/mol. The molecular formula is C40H48O15. The van der Waals surface area contributed by atoms with Crippen molar-refractivity contribution >= 4 is 35.9 Å². The second-order valence-corrected chi connectivity index (χ2v) is 12.8. The Kier molecular flexibility index (Phi) is 15.4. The topological polar surface area (TPSA) is 178 Å². The van der Waals surface area contributed by atoms with Crippen molar-refractivity contribution in [3.63, 3.8) is 0 Å². The van der Waals surface area contributed by atoms with Gasteiger partial charge in [0.25, 0.3) is 0 Å². The van der Waals surface area contributed by atoms with Gasteiger partial charge in [-0.15, -0.1) is 0 Å². The van der Waals surface area contributed by atoms with Gasteiger partial charge in [-0.2, -0.15) is 0 Å². The highest BCUT2D eigenvalue weighted by Gasteiger charge is 2.48. The SMILES string of the molecule is COc1cc(C=CCOC(C)=O)ccc1O[C@H](COC(C)=O)[C@@H]1O[C@@H](C2=C[C@@H](OC)[C@H](OC(C)=O)C=C2)[C@@H](COC(C)=O)C2=C[C@H](OC)[C@@H](OC(C)=O)C=C21. The molecule has 1 saturated heterocycles. The third kappa shape index (κ3) is 11.6. The van der Waals surface area contributed by atoms with E-state index >= 15 is 0 Å². The average molecular weight is 769 g/mol. The second-order valence-electron chi connectivity index (χ2n) is 12.8. The molecule has 15 heteroatoms. The summed E-state index contributed by atoms with van der Waals surface area (Å²) in [6.07, 6.45) is 6.24. The highest BCUT2D eigenvalue weighted by Crippen LogP contribution is 2.44. The fourth-order valence-corrected chi connectivity index (χ4v) is 6.43. The van der Waals surface area contributed by atoms with Gasteiger partial charge in [0.15, 0.2) is 23.7 Å². The molecule has 0 bridgehead atoms. The summed E-state index contributed by atoms with van der Waals surface area (Å²) in [4.78, 5) is 59.7. The van der Waals surface area contributed by atoms with E-state index < -0.39 is 78.5 Å². The van der Waals surface area contributed by atoms with Crippen LogP contribution in [-0.4, -0.2) is 114 Å². The van der Waals surface area contributed by atoms with E-state index in [1.165, 1.54) is 55.9 Å². The molecule has 1 aromatic carbocycles. The van der Waals surface area contributed by atoms with Crippen LogP contribution in [0.25, 0.3) is 6.08 Å². The van der Waals surface area contributed by atoms with E-state index in [1.807, 2.05) is 0 Å². The van der Waals surface area contributed by atoms with E-state index in [9.17, 15) is 24.0 Å². The second kappa shape index (κ2) is 19.9. The van der Waals surface area contributed by atoms with Crippen molar-refractivity contribution in [1.29, 1.82) is 0 Å². The number of fused-ring (bicyclic) bond motifs is 1. The fraction of sp³-hybridized carbons (Fsp3) is 0.475. The first kappa shape index (κ1) is 42.5. The van der Waals surface area contributed by atoms with Crippen LogP contribution in [0.1, 0.15) is 40.2 Å². The van der Waals surface area contributed by atoms with E-state index in [1.54, 1.807) is 60.7 Å². The number of benzene rings is 1. The molecule has 0 spiro atoms. The Morgan fingerprint density at radius 3 is 1.98 bits per heavy atom. The molecule has 298 valence electrons. The smallest absolute Gasteiger partial charge is 0.303 e. The number of carbonyl (C=O) groups is 5. The summed E-state index contributed by atoms with van der Waals surface area (Å²) in [7, 11) is 4.43. The van der Waals surface area contributed by atoms with Gasteiger partial charge >= 0.3 is 29.8 Å². The number of methoxy groups -OCH3 is 3. The van der Waals surface area contributed by atoms with Crippen LogP contribution in [0.15, 0.2) is 71.4 Å². The van der Waals surface area contributed by atoms with Crippen molar-refractivity contribution in [3.05, 3.63) is 76.9 Å². The maximum atomic E-state index is 12.2. The fourth-order valence-electron chi connectivity index (χ4n) is 6.43. The highest BCUT2D eigenvalue weighted by atomic mass is 16.6. The number of hydrogen-bond donors (Lipinski definition) is 0. The normalized spacial score (nSPS) is 24.9. The Morgan fingerprint density at radius 2 is 1.36 bits per heavy atom. The summed E-state index contributed by atoms with van der Waals surface area (Å²) >= 11 is 0. The highest BCUT2D eigenvalue weighted by molar-refractivity contribution is 5.68. The third-order valence-corrected chi connectivity index (χ3v) is 8.76. The van der Waals surface area contributed by atoms with Gasteiger partial charge in [-0.1, -0.05) is 18.2 Å². The number of rotatable bonds is 16. The Hall–Kier alpha value is -5.25. The standard InChI is InChI=1S/C40H48O15/c1-22(41)49-15-9-10-27-11-13-33(34(16-27)46-6)54-38(21-51-24(3)43)40-30-19-37(53-26(5)45)36(48-8)18-29(30)31(20-50-23(2)42)39(55-40)28-12-14-32(52-25(4)44)35(17-28)47-7/h9-14,16-19,31-32,35-40H,15,20-21H2,1-8H3/t31-,32+,35+,36-,37-,38+,39-,40+/m0/s1. The molecule has 0 aromatic heterocycles. The van der Waals surface area contributed by atoms with E-state index in [4.69, 9.17) is 47.4 Å². The lowest BCUT2D eigenvalue weighted by Crippen LogP contribution is -2.52. The number of carbonyl (C=O) groups excluding carboxylic acids is 5. The first-order valence-corrected chi connectivity index (χ1v) is 17.5. The molecule has 4 rings (SSSR count). The van der Waals surface area contributed by atoms with Gasteiger partial charge in [0.1, 0.15) is 44.2 Å². The van der Waals surface area contributed by atoms with Gasteiger partial charge in [-0.25, -0.2) is 0 Å². The van der Waals surface area contributed by atoms with Crippen LogP contribution in [0, 0.1) is 5.92 Å². The summed E-state index contributed by atoms with van der Waals surface area (Å²) in [5, 5.41) is 0. The van der Waals surface area contributed by atoms with Gasteiger partial charge in [-0.05, 0) is 64.8 Å². The predicted octanol–water partition coefficient (Wildman–Crippen LogP) is 3.78. The molecule has 1 fully saturated rings. The Morgan fingerprint density at radius 1 is 0.727 bits per heavy atom.